The van der Waals surface area contributed by atoms with Gasteiger partial charge in [-0.15, -0.1) is 0 Å². The molecule has 128 valence electrons. The molecule has 1 atom stereocenters. The largest absolute Gasteiger partial charge is 0.368 e. The van der Waals surface area contributed by atoms with Gasteiger partial charge in [0.25, 0.3) is 5.89 Å². The van der Waals surface area contributed by atoms with Crippen molar-refractivity contribution in [1.82, 2.24) is 15.0 Å². The van der Waals surface area contributed by atoms with Crippen LogP contribution in [0.1, 0.15) is 32.0 Å². The first-order valence-corrected chi connectivity index (χ1v) is 7.73. The van der Waals surface area contributed by atoms with E-state index >= 15 is 0 Å². The summed E-state index contributed by atoms with van der Waals surface area (Å²) in [7, 11) is 0. The highest BCUT2D eigenvalue weighted by molar-refractivity contribution is 5.84. The van der Waals surface area contributed by atoms with Gasteiger partial charge in [0.05, 0.1) is 17.6 Å². The molecule has 0 aliphatic carbocycles. The number of carbonyl (C=O) groups is 1. The molecule has 8 heteroatoms. The molecule has 1 saturated heterocycles. The molecule has 2 N–H and O–H groups in total. The minimum atomic E-state index is -0.773. The van der Waals surface area contributed by atoms with Crippen LogP contribution >= 0.6 is 0 Å². The molecule has 6 nitrogen and oxygen atoms in total. The van der Waals surface area contributed by atoms with Gasteiger partial charge in [-0.25, -0.2) is 8.78 Å². The van der Waals surface area contributed by atoms with Gasteiger partial charge in [-0.3, -0.25) is 9.69 Å². The summed E-state index contributed by atoms with van der Waals surface area (Å²) < 4.78 is 31.9. The van der Waals surface area contributed by atoms with Crippen LogP contribution in [-0.2, 0) is 11.3 Å². The number of carbonyl (C=O) groups excluding carboxylic acids is 1. The average Bonchev–Trinajstić information content (AvgIpc) is 2.98. The predicted molar refractivity (Wildman–Crippen MR) is 81.5 cm³/mol. The van der Waals surface area contributed by atoms with Gasteiger partial charge < -0.3 is 10.3 Å². The van der Waals surface area contributed by atoms with Crippen LogP contribution in [0.2, 0.25) is 0 Å². The van der Waals surface area contributed by atoms with E-state index in [9.17, 15) is 13.6 Å². The molecule has 0 saturated carbocycles. The molecule has 1 aliphatic rings. The second kappa shape index (κ2) is 6.27. The number of primary amides is 1. The third-order valence-corrected chi connectivity index (χ3v) is 4.53. The Morgan fingerprint density at radius 3 is 2.92 bits per heavy atom. The average molecular weight is 336 g/mol. The summed E-state index contributed by atoms with van der Waals surface area (Å²) >= 11 is 0. The molecular weight excluding hydrogens is 318 g/mol. The molecule has 3 rings (SSSR count). The Hall–Kier alpha value is -2.35. The molecule has 0 unspecified atom stereocenters. The normalized spacial score (nSPS) is 21.8. The first-order valence-electron chi connectivity index (χ1n) is 7.73. The van der Waals surface area contributed by atoms with Crippen molar-refractivity contribution in [2.24, 2.45) is 5.73 Å². The Morgan fingerprint density at radius 1 is 1.42 bits per heavy atom. The SMILES string of the molecule is C[C@@]1(C(N)=O)CCCCN1Cc1noc(-c2ccc(F)cc2F)n1. The number of rotatable bonds is 4. The highest BCUT2D eigenvalue weighted by atomic mass is 19.1. The van der Waals surface area contributed by atoms with E-state index < -0.39 is 23.1 Å². The standard InChI is InChI=1S/C16H18F2N4O2/c1-16(15(19)23)6-2-3-7-22(16)9-13-20-14(24-21-13)11-5-4-10(17)8-12(11)18/h4-5,8H,2-3,6-7,9H2,1H3,(H2,19,23)/t16-/m0/s1. The van der Waals surface area contributed by atoms with Gasteiger partial charge in [-0.05, 0) is 44.9 Å². The van der Waals surface area contributed by atoms with Crippen LogP contribution in [0.25, 0.3) is 11.5 Å². The third kappa shape index (κ3) is 3.01. The van der Waals surface area contributed by atoms with Crippen molar-refractivity contribution in [2.75, 3.05) is 6.54 Å². The lowest BCUT2D eigenvalue weighted by Gasteiger charge is -2.41. The highest BCUT2D eigenvalue weighted by Gasteiger charge is 2.40. The Morgan fingerprint density at radius 2 is 2.21 bits per heavy atom. The Labute approximate surface area is 137 Å². The van der Waals surface area contributed by atoms with Crippen molar-refractivity contribution in [3.63, 3.8) is 0 Å². The first kappa shape index (κ1) is 16.5. The van der Waals surface area contributed by atoms with E-state index in [2.05, 4.69) is 10.1 Å². The van der Waals surface area contributed by atoms with E-state index in [0.717, 1.165) is 25.0 Å². The molecule has 2 aromatic rings. The quantitative estimate of drug-likeness (QED) is 0.925. The fourth-order valence-electron chi connectivity index (χ4n) is 2.97. The summed E-state index contributed by atoms with van der Waals surface area (Å²) in [4.78, 5) is 17.9. The van der Waals surface area contributed by atoms with Crippen molar-refractivity contribution in [2.45, 2.75) is 38.3 Å². The molecule has 1 aromatic carbocycles. The van der Waals surface area contributed by atoms with Crippen molar-refractivity contribution in [3.05, 3.63) is 35.7 Å². The van der Waals surface area contributed by atoms with Crippen LogP contribution in [0.5, 0.6) is 0 Å². The van der Waals surface area contributed by atoms with E-state index in [4.69, 9.17) is 10.3 Å². The molecule has 0 radical (unpaired) electrons. The number of halogens is 2. The van der Waals surface area contributed by atoms with Crippen LogP contribution in [0.15, 0.2) is 22.7 Å². The Kier molecular flexibility index (Phi) is 4.31. The lowest BCUT2D eigenvalue weighted by atomic mass is 9.88. The zero-order valence-corrected chi connectivity index (χ0v) is 13.3. The van der Waals surface area contributed by atoms with E-state index in [1.807, 2.05) is 4.90 Å². The molecule has 24 heavy (non-hydrogen) atoms. The smallest absolute Gasteiger partial charge is 0.260 e. The number of hydrogen-bond donors (Lipinski definition) is 1. The van der Waals surface area contributed by atoms with E-state index in [1.165, 1.54) is 6.07 Å². The maximum atomic E-state index is 13.8. The van der Waals surface area contributed by atoms with Gasteiger partial charge in [-0.1, -0.05) is 5.16 Å². The second-order valence-corrected chi connectivity index (χ2v) is 6.16. The van der Waals surface area contributed by atoms with Gasteiger partial charge in [-0.2, -0.15) is 4.98 Å². The highest BCUT2D eigenvalue weighted by Crippen LogP contribution is 2.29. The van der Waals surface area contributed by atoms with Crippen molar-refractivity contribution in [1.29, 1.82) is 0 Å². The molecule has 1 fully saturated rings. The fourth-order valence-corrected chi connectivity index (χ4v) is 2.97. The third-order valence-electron chi connectivity index (χ3n) is 4.53. The van der Waals surface area contributed by atoms with E-state index in [1.54, 1.807) is 6.92 Å². The summed E-state index contributed by atoms with van der Waals surface area (Å²) in [6.45, 7) is 2.76. The number of likely N-dealkylation sites (tertiary alicyclic amines) is 1. The summed E-state index contributed by atoms with van der Waals surface area (Å²) in [5.41, 5.74) is 4.82. The molecule has 0 spiro atoms. The van der Waals surface area contributed by atoms with Gasteiger partial charge in [0, 0.05) is 6.07 Å². The van der Waals surface area contributed by atoms with Gasteiger partial charge in [0.15, 0.2) is 5.82 Å². The molecule has 0 bridgehead atoms. The topological polar surface area (TPSA) is 85.3 Å². The van der Waals surface area contributed by atoms with Crippen LogP contribution in [-0.4, -0.2) is 33.0 Å². The van der Waals surface area contributed by atoms with Crippen LogP contribution in [0.3, 0.4) is 0 Å². The zero-order valence-electron chi connectivity index (χ0n) is 13.3. The fraction of sp³-hybridized carbons (Fsp3) is 0.438. The summed E-state index contributed by atoms with van der Waals surface area (Å²) in [5, 5.41) is 3.83. The first-order chi connectivity index (χ1) is 11.4. The van der Waals surface area contributed by atoms with Crippen LogP contribution in [0.4, 0.5) is 8.78 Å². The number of aromatic nitrogens is 2. The zero-order chi connectivity index (χ0) is 17.3. The maximum absolute atomic E-state index is 13.8. The number of hydrogen-bond acceptors (Lipinski definition) is 5. The van der Waals surface area contributed by atoms with E-state index in [-0.39, 0.29) is 18.0 Å². The summed E-state index contributed by atoms with van der Waals surface area (Å²) in [6.07, 6.45) is 2.54. The maximum Gasteiger partial charge on any atom is 0.260 e. The lowest BCUT2D eigenvalue weighted by molar-refractivity contribution is -0.132. The van der Waals surface area contributed by atoms with Gasteiger partial charge in [0.1, 0.15) is 11.6 Å². The van der Waals surface area contributed by atoms with Gasteiger partial charge >= 0.3 is 0 Å². The molecule has 1 amide bonds. The Balaban J connectivity index is 1.82. The second-order valence-electron chi connectivity index (χ2n) is 6.16. The minimum Gasteiger partial charge on any atom is -0.368 e. The minimum absolute atomic E-state index is 0.0275. The number of amides is 1. The van der Waals surface area contributed by atoms with Crippen molar-refractivity contribution >= 4 is 5.91 Å². The predicted octanol–water partition coefficient (Wildman–Crippen LogP) is 2.24. The summed E-state index contributed by atoms with van der Waals surface area (Å²) in [6, 6.07) is 3.13. The van der Waals surface area contributed by atoms with E-state index in [0.29, 0.717) is 18.8 Å². The van der Waals surface area contributed by atoms with Crippen LogP contribution < -0.4 is 5.73 Å². The molecule has 1 aliphatic heterocycles. The number of piperidine rings is 1. The van der Waals surface area contributed by atoms with Crippen LogP contribution in [0, 0.1) is 11.6 Å². The van der Waals surface area contributed by atoms with Crippen molar-refractivity contribution < 1.29 is 18.1 Å². The lowest BCUT2D eigenvalue weighted by Crippen LogP contribution is -2.57. The molecule has 1 aromatic heterocycles. The molecular formula is C16H18F2N4O2. The number of nitrogens with two attached hydrogens (primary N) is 1. The van der Waals surface area contributed by atoms with Crippen molar-refractivity contribution in [3.8, 4) is 11.5 Å². The summed E-state index contributed by atoms with van der Waals surface area (Å²) in [5.74, 6) is -1.55. The monoisotopic (exact) mass is 336 g/mol. The Bertz CT molecular complexity index is 764. The van der Waals surface area contributed by atoms with Gasteiger partial charge in [0.2, 0.25) is 5.91 Å². The number of nitrogens with zero attached hydrogens (tertiary/aromatic N) is 3. The molecule has 2 heterocycles. The number of benzene rings is 1.